The van der Waals surface area contributed by atoms with E-state index in [9.17, 15) is 15.3 Å². The van der Waals surface area contributed by atoms with Crippen LogP contribution in [-0.2, 0) is 16.2 Å². The third-order valence-electron chi connectivity index (χ3n) is 15.6. The van der Waals surface area contributed by atoms with E-state index in [2.05, 4.69) is 156 Å². The third kappa shape index (κ3) is 21.5. The van der Waals surface area contributed by atoms with Gasteiger partial charge in [-0.25, -0.2) is 15.0 Å². The fourth-order valence-corrected chi connectivity index (χ4v) is 9.93. The molecule has 0 saturated carbocycles. The molecule has 0 unspecified atom stereocenters. The highest BCUT2D eigenvalue weighted by Crippen LogP contribution is 2.34. The predicted molar refractivity (Wildman–Crippen MR) is 368 cm³/mol. The first-order valence-electron chi connectivity index (χ1n) is 32.8. The number of pyridine rings is 3. The molecule has 0 aliphatic heterocycles. The van der Waals surface area contributed by atoms with Crippen molar-refractivity contribution in [3.8, 4) is 34.5 Å². The van der Waals surface area contributed by atoms with Gasteiger partial charge in [0.25, 0.3) is 0 Å². The highest BCUT2D eigenvalue weighted by atomic mass is 16.5. The van der Waals surface area contributed by atoms with Gasteiger partial charge in [-0.15, -0.1) is 0 Å². The van der Waals surface area contributed by atoms with Gasteiger partial charge in [-0.3, -0.25) is 0 Å². The van der Waals surface area contributed by atoms with Crippen molar-refractivity contribution in [2.45, 2.75) is 215 Å². The van der Waals surface area contributed by atoms with E-state index in [0.29, 0.717) is 102 Å². The zero-order chi connectivity index (χ0) is 64.7. The lowest BCUT2D eigenvalue weighted by molar-refractivity contribution is 0.304. The van der Waals surface area contributed by atoms with Crippen molar-refractivity contribution in [2.24, 2.45) is 0 Å². The van der Waals surface area contributed by atoms with Crippen LogP contribution in [0.3, 0.4) is 0 Å². The second-order valence-corrected chi connectivity index (χ2v) is 26.6. The molecule has 0 atom stereocenters. The first-order chi connectivity index (χ1) is 43.1. The third-order valence-corrected chi connectivity index (χ3v) is 15.6. The van der Waals surface area contributed by atoms with Crippen LogP contribution in [0.5, 0.6) is 34.5 Å². The van der Waals surface area contributed by atoms with E-state index in [0.717, 1.165) is 74.5 Å². The lowest BCUT2D eigenvalue weighted by Gasteiger charge is -2.19. The van der Waals surface area contributed by atoms with Crippen LogP contribution in [0.1, 0.15) is 215 Å². The van der Waals surface area contributed by atoms with Crippen molar-refractivity contribution < 1.29 is 29.5 Å². The maximum atomic E-state index is 12.1. The van der Waals surface area contributed by atoms with Crippen LogP contribution in [0.2, 0.25) is 0 Å². The SMILES string of the molecule is CCCCCCCCOc1cc2c#cc3cc(C(C)(C)C)cc(c#cc4cc(OCCCCCCCC)cc(c#cc5cc(C(C)(C)C)cc(c#cc6cc(OCCCCCCCC)cc(c#cc7cc(C(C)(C)C)cc(c#cc(c1)n2)c7O)n6)c5O)n4)c3O. The summed E-state index contributed by atoms with van der Waals surface area (Å²) < 4.78 is 19.2. The Morgan fingerprint density at radius 3 is 0.656 bits per heavy atom. The highest BCUT2D eigenvalue weighted by Gasteiger charge is 2.18. The lowest BCUT2D eigenvalue weighted by Crippen LogP contribution is -2.10. The van der Waals surface area contributed by atoms with Gasteiger partial charge in [0, 0.05) is 36.4 Å². The number of nitrogens with zero attached hydrogens (tertiary/aromatic N) is 3. The molecule has 0 radical (unpaired) electrons. The molecule has 0 amide bonds. The Kier molecular flexibility index (Phi) is 25.4. The Balaban J connectivity index is 1.53. The highest BCUT2D eigenvalue weighted by molar-refractivity contribution is 5.82. The second-order valence-electron chi connectivity index (χ2n) is 26.6. The average Bonchev–Trinajstić information content (AvgIpc) is 0.981. The molecule has 0 saturated heterocycles. The summed E-state index contributed by atoms with van der Waals surface area (Å²) in [6.45, 7) is 27.1. The van der Waals surface area contributed by atoms with E-state index in [1.165, 1.54) is 57.8 Å². The van der Waals surface area contributed by atoms with Crippen LogP contribution in [0, 0.1) is 72.8 Å². The fraction of sp³-hybridized carbons (Fsp3) is 0.444. The van der Waals surface area contributed by atoms with Crippen molar-refractivity contribution in [2.75, 3.05) is 19.8 Å². The summed E-state index contributed by atoms with van der Waals surface area (Å²) in [6, 6.07) is 60.9. The summed E-state index contributed by atoms with van der Waals surface area (Å²) in [5.41, 5.74) is 3.99. The number of benzene rings is 3. The van der Waals surface area contributed by atoms with Crippen molar-refractivity contribution in [1.82, 2.24) is 15.0 Å². The van der Waals surface area contributed by atoms with Crippen LogP contribution in [-0.4, -0.2) is 50.1 Å². The van der Waals surface area contributed by atoms with Crippen molar-refractivity contribution >= 4 is 65.4 Å². The molecule has 3 aromatic carbocycles. The molecule has 0 spiro atoms. The van der Waals surface area contributed by atoms with Crippen LogP contribution >= 0.6 is 0 Å². The predicted octanol–water partition coefficient (Wildman–Crippen LogP) is 20.7. The van der Waals surface area contributed by atoms with Gasteiger partial charge >= 0.3 is 0 Å². The second kappa shape index (κ2) is 33.2. The minimum atomic E-state index is -0.344. The summed E-state index contributed by atoms with van der Waals surface area (Å²) in [5.74, 6) is 1.41. The van der Waals surface area contributed by atoms with E-state index >= 15 is 0 Å². The molecule has 0 fully saturated rings. The molecule has 0 aliphatic carbocycles. The Hall–Kier alpha value is -8.73. The molecule has 7 rings (SSSR count). The maximum absolute atomic E-state index is 12.1. The summed E-state index contributed by atoms with van der Waals surface area (Å²) in [7, 11) is 0. The van der Waals surface area contributed by atoms with E-state index < -0.39 is 0 Å². The van der Waals surface area contributed by atoms with Gasteiger partial charge < -0.3 is 29.5 Å². The van der Waals surface area contributed by atoms with Gasteiger partial charge in [-0.05, 0) is 125 Å². The van der Waals surface area contributed by atoms with E-state index in [1.54, 1.807) is 36.4 Å². The Labute approximate surface area is 538 Å². The molecule has 9 heteroatoms. The molecule has 3 N–H and O–H groups in total. The van der Waals surface area contributed by atoms with Gasteiger partial charge in [0.2, 0.25) is 0 Å². The molecule has 468 valence electrons. The molecular weight excluding hydrogens is 1110 g/mol. The smallest absolute Gasteiger partial charge is 0.146 e. The normalized spacial score (nSPS) is 11.2. The topological polar surface area (TPSA) is 127 Å². The van der Waals surface area contributed by atoms with Crippen LogP contribution in [0.15, 0.2) is 72.8 Å². The molecule has 4 aromatic heterocycles. The van der Waals surface area contributed by atoms with E-state index in [-0.39, 0.29) is 33.5 Å². The number of hydrogen-bond donors (Lipinski definition) is 3. The fourth-order valence-electron chi connectivity index (χ4n) is 9.93. The summed E-state index contributed by atoms with van der Waals surface area (Å²) in [5, 5.41) is 38.4. The molecule has 12 bridgehead atoms. The number of phenolic OH excluding ortho intramolecular Hbond substituents is 3. The number of aromatic nitrogens is 3. The summed E-state index contributed by atoms with van der Waals surface area (Å²) >= 11 is 0. The number of phenols is 3. The van der Waals surface area contributed by atoms with Crippen molar-refractivity contribution in [3.63, 3.8) is 0 Å². The zero-order valence-electron chi connectivity index (χ0n) is 55.7. The molecule has 4 heterocycles. The van der Waals surface area contributed by atoms with Crippen LogP contribution in [0.25, 0.3) is 65.4 Å². The minimum absolute atomic E-state index is 0.0878. The van der Waals surface area contributed by atoms with Gasteiger partial charge in [0.05, 0.1) is 52.1 Å². The zero-order valence-corrected chi connectivity index (χ0v) is 55.7. The van der Waals surface area contributed by atoms with Gasteiger partial charge in [0.1, 0.15) is 67.6 Å². The molecule has 90 heavy (non-hydrogen) atoms. The minimum Gasteiger partial charge on any atom is -0.505 e. The standard InChI is InChI=1S/C81H93N3O6/c1-13-16-19-22-25-28-43-88-73-52-67-37-31-58-46-64(79(4,5)6)48-60(76(58)85)33-39-69-54-74(89-44-29-26-23-20-17-14-2)56-71(83-69)41-35-62-50-66(81(10,11)12)51-63(78(62)87)36-42-72-57-75(90-45-30-27-24-21-18-15-3)55-70(84-72)40-34-61-49-65(80(7,8)9)47-59(77(61)86)32-38-68(53-73)82-67/h46-57,85-87H,13-30,43-45H2,1-12H3. The number of hydrogen-bond acceptors (Lipinski definition) is 9. The Bertz CT molecular complexity index is 3270. The number of unbranched alkanes of at least 4 members (excludes halogenated alkanes) is 15. The molecular formula is C81H93N3O6. The molecule has 7 aromatic rings. The summed E-state index contributed by atoms with van der Waals surface area (Å²) in [6.07, 6.45) is 20.1. The average molecular weight is 1200 g/mol. The van der Waals surface area contributed by atoms with Gasteiger partial charge in [0.15, 0.2) is 0 Å². The number of fused-ring (bicyclic) bond motifs is 12. The van der Waals surface area contributed by atoms with E-state index in [4.69, 9.17) is 29.2 Å². The number of ether oxygens (including phenoxy) is 3. The lowest BCUT2D eigenvalue weighted by atomic mass is 9.86. The molecule has 0 aliphatic rings. The largest absolute Gasteiger partial charge is 0.505 e. The first-order valence-corrected chi connectivity index (χ1v) is 32.8. The Morgan fingerprint density at radius 2 is 0.467 bits per heavy atom. The van der Waals surface area contributed by atoms with Crippen molar-refractivity contribution in [1.29, 1.82) is 0 Å². The van der Waals surface area contributed by atoms with Crippen LogP contribution < -0.4 is 14.2 Å². The summed E-state index contributed by atoms with van der Waals surface area (Å²) in [4.78, 5) is 14.7. The Morgan fingerprint density at radius 1 is 0.278 bits per heavy atom. The first kappa shape index (κ1) is 68.8. The maximum Gasteiger partial charge on any atom is 0.146 e. The van der Waals surface area contributed by atoms with Crippen molar-refractivity contribution in [3.05, 3.63) is 162 Å². The number of aromatic hydroxyl groups is 3. The number of rotatable bonds is 24. The van der Waals surface area contributed by atoms with Gasteiger partial charge in [-0.1, -0.05) is 216 Å². The molecule has 9 nitrogen and oxygen atoms in total. The van der Waals surface area contributed by atoms with Gasteiger partial charge in [-0.2, -0.15) is 0 Å². The monoisotopic (exact) mass is 1200 g/mol. The quantitative estimate of drug-likeness (QED) is 0.0507. The van der Waals surface area contributed by atoms with Crippen LogP contribution in [0.4, 0.5) is 0 Å². The van der Waals surface area contributed by atoms with E-state index in [1.807, 2.05) is 36.4 Å².